The summed E-state index contributed by atoms with van der Waals surface area (Å²) in [5.74, 6) is 0. The Morgan fingerprint density at radius 1 is 1.33 bits per heavy atom. The van der Waals surface area contributed by atoms with Crippen LogP contribution in [0, 0.1) is 6.04 Å². The second-order valence-electron chi connectivity index (χ2n) is 1.25. The van der Waals surface area contributed by atoms with E-state index in [2.05, 4.69) is 5.32 Å². The van der Waals surface area contributed by atoms with Crippen molar-refractivity contribution in [3.05, 3.63) is 6.04 Å². The number of hydrogen-bond acceptors (Lipinski definition) is 1. The summed E-state index contributed by atoms with van der Waals surface area (Å²) in [4.78, 5) is 0. The molecule has 0 rings (SSSR count). The van der Waals surface area contributed by atoms with Gasteiger partial charge in [-0.15, -0.1) is 0 Å². The molecule has 6 heavy (non-hydrogen) atoms. The minimum atomic E-state index is 0. The first kappa shape index (κ1) is 9.77. The molecule has 0 fully saturated rings. The predicted octanol–water partition coefficient (Wildman–Crippen LogP) is 0.775. The van der Waals surface area contributed by atoms with Crippen LogP contribution in [-0.4, -0.2) is 7.05 Å². The van der Waals surface area contributed by atoms with Crippen LogP contribution in [0.25, 0.3) is 0 Å². The van der Waals surface area contributed by atoms with Gasteiger partial charge in [0.15, 0.2) is 0 Å². The van der Waals surface area contributed by atoms with Gasteiger partial charge in [0.25, 0.3) is 0 Å². The van der Waals surface area contributed by atoms with Gasteiger partial charge in [0.05, 0.1) is 0 Å². The van der Waals surface area contributed by atoms with Crippen LogP contribution in [0.5, 0.6) is 0 Å². The van der Waals surface area contributed by atoms with Crippen LogP contribution in [0.1, 0.15) is 13.8 Å². The second kappa shape index (κ2) is 5.58. The molecule has 0 aliphatic heterocycles. The molecule has 0 saturated heterocycles. The Balaban J connectivity index is 0. The fourth-order valence-electron chi connectivity index (χ4n) is 0. The van der Waals surface area contributed by atoms with Crippen molar-refractivity contribution in [3.63, 3.8) is 0 Å². The standard InChI is InChI=1S/C4H10N.Ru/c1-4(2)5-3;/h5H,1-3H3;/q-1;+1. The van der Waals surface area contributed by atoms with Crippen molar-refractivity contribution in [2.75, 3.05) is 7.05 Å². The van der Waals surface area contributed by atoms with E-state index in [0.717, 1.165) is 0 Å². The van der Waals surface area contributed by atoms with Gasteiger partial charge in [0, 0.05) is 0 Å². The molecule has 0 amide bonds. The minimum Gasteiger partial charge on any atom is -0.470 e. The van der Waals surface area contributed by atoms with Gasteiger partial charge >= 0.3 is 19.5 Å². The van der Waals surface area contributed by atoms with E-state index >= 15 is 0 Å². The quantitative estimate of drug-likeness (QED) is 0.456. The molecule has 0 aromatic carbocycles. The molecule has 0 aromatic heterocycles. The predicted molar refractivity (Wildman–Crippen MR) is 23.7 cm³/mol. The summed E-state index contributed by atoms with van der Waals surface area (Å²) in [5.41, 5.74) is 0. The topological polar surface area (TPSA) is 12.0 Å². The molecular weight excluding hydrogens is 163 g/mol. The average Bonchev–Trinajstić information content (AvgIpc) is 1.38. The van der Waals surface area contributed by atoms with Gasteiger partial charge in [0.2, 0.25) is 0 Å². The van der Waals surface area contributed by atoms with Crippen LogP contribution >= 0.6 is 0 Å². The molecule has 1 nitrogen and oxygen atoms in total. The molecule has 0 heterocycles. The van der Waals surface area contributed by atoms with E-state index in [1.807, 2.05) is 20.9 Å². The van der Waals surface area contributed by atoms with Crippen molar-refractivity contribution >= 4 is 0 Å². The molecule has 0 spiro atoms. The zero-order valence-electron chi connectivity index (χ0n) is 4.35. The first-order valence-electron chi connectivity index (χ1n) is 1.75. The van der Waals surface area contributed by atoms with Crippen LogP contribution in [0.15, 0.2) is 0 Å². The second-order valence-corrected chi connectivity index (χ2v) is 1.25. The number of nitrogens with one attached hydrogen (secondary N) is 1. The Kier molecular flexibility index (Phi) is 9.09. The maximum atomic E-state index is 2.94. The Morgan fingerprint density at radius 2 is 1.50 bits per heavy atom. The van der Waals surface area contributed by atoms with Crippen molar-refractivity contribution in [1.82, 2.24) is 5.32 Å². The van der Waals surface area contributed by atoms with Gasteiger partial charge in [-0.3, -0.25) is 6.04 Å². The molecule has 0 aliphatic rings. The van der Waals surface area contributed by atoms with Crippen molar-refractivity contribution in [2.24, 2.45) is 0 Å². The van der Waals surface area contributed by atoms with Crippen LogP contribution in [0.4, 0.5) is 0 Å². The zero-order valence-corrected chi connectivity index (χ0v) is 6.09. The van der Waals surface area contributed by atoms with E-state index in [1.54, 1.807) is 0 Å². The van der Waals surface area contributed by atoms with E-state index in [4.69, 9.17) is 0 Å². The monoisotopic (exact) mass is 174 g/mol. The molecule has 0 aliphatic carbocycles. The third kappa shape index (κ3) is 8.82. The molecule has 2 heteroatoms. The zero-order chi connectivity index (χ0) is 4.28. The van der Waals surface area contributed by atoms with E-state index in [1.165, 1.54) is 6.04 Å². The normalized spacial score (nSPS) is 8.00. The third-order valence-corrected chi connectivity index (χ3v) is 0.500. The molecule has 0 bridgehead atoms. The summed E-state index contributed by atoms with van der Waals surface area (Å²) in [7, 11) is 1.91. The minimum absolute atomic E-state index is 0. The van der Waals surface area contributed by atoms with E-state index in [-0.39, 0.29) is 19.5 Å². The van der Waals surface area contributed by atoms with Crippen molar-refractivity contribution < 1.29 is 19.5 Å². The number of rotatable bonds is 1. The van der Waals surface area contributed by atoms with Crippen LogP contribution < -0.4 is 5.32 Å². The van der Waals surface area contributed by atoms with Gasteiger partial charge in [-0.25, -0.2) is 0 Å². The first-order valence-corrected chi connectivity index (χ1v) is 1.75. The largest absolute Gasteiger partial charge is 1.00 e. The Bertz CT molecular complexity index is 21.5. The maximum absolute atomic E-state index is 2.94. The van der Waals surface area contributed by atoms with Crippen molar-refractivity contribution in [3.8, 4) is 0 Å². The SMILES string of the molecule is CN[C-](C)C.[Ru+]. The third-order valence-electron chi connectivity index (χ3n) is 0.500. The molecule has 0 saturated carbocycles. The van der Waals surface area contributed by atoms with Gasteiger partial charge in [-0.2, -0.15) is 13.8 Å². The van der Waals surface area contributed by atoms with Gasteiger partial charge in [-0.1, -0.05) is 0 Å². The number of hydrogen-bond donors (Lipinski definition) is 1. The Labute approximate surface area is 52.3 Å². The first-order chi connectivity index (χ1) is 2.27. The fraction of sp³-hybridized carbons (Fsp3) is 0.750. The summed E-state index contributed by atoms with van der Waals surface area (Å²) in [6.45, 7) is 4.06. The summed E-state index contributed by atoms with van der Waals surface area (Å²) in [6.07, 6.45) is 0. The van der Waals surface area contributed by atoms with Gasteiger partial charge in [0.1, 0.15) is 0 Å². The van der Waals surface area contributed by atoms with E-state index < -0.39 is 0 Å². The molecule has 0 atom stereocenters. The Hall–Kier alpha value is 0.583. The molecule has 0 aromatic rings. The molecule has 1 N–H and O–H groups in total. The smallest absolute Gasteiger partial charge is 0.470 e. The van der Waals surface area contributed by atoms with Crippen LogP contribution in [0.2, 0.25) is 0 Å². The van der Waals surface area contributed by atoms with E-state index in [0.29, 0.717) is 0 Å². The van der Waals surface area contributed by atoms with Crippen molar-refractivity contribution in [2.45, 2.75) is 13.8 Å². The summed E-state index contributed by atoms with van der Waals surface area (Å²) < 4.78 is 0. The van der Waals surface area contributed by atoms with Crippen molar-refractivity contribution in [1.29, 1.82) is 0 Å². The van der Waals surface area contributed by atoms with Gasteiger partial charge in [-0.05, 0) is 7.05 Å². The molecule has 0 unspecified atom stereocenters. The summed E-state index contributed by atoms with van der Waals surface area (Å²) in [5, 5.41) is 2.94. The van der Waals surface area contributed by atoms with Crippen LogP contribution in [-0.2, 0) is 19.5 Å². The molecule has 39 valence electrons. The Morgan fingerprint density at radius 3 is 1.50 bits per heavy atom. The van der Waals surface area contributed by atoms with Crippen LogP contribution in [0.3, 0.4) is 0 Å². The van der Waals surface area contributed by atoms with Gasteiger partial charge < -0.3 is 5.32 Å². The fourth-order valence-corrected chi connectivity index (χ4v) is 0. The molecule has 1 radical (unpaired) electrons. The van der Waals surface area contributed by atoms with E-state index in [9.17, 15) is 0 Å². The summed E-state index contributed by atoms with van der Waals surface area (Å²) >= 11 is 0. The maximum Gasteiger partial charge on any atom is 1.00 e. The summed E-state index contributed by atoms with van der Waals surface area (Å²) in [6, 6.07) is 1.25. The molecular formula is C4H10NRu. The average molecular weight is 173 g/mol.